The van der Waals surface area contributed by atoms with Crippen molar-refractivity contribution < 1.29 is 4.39 Å². The second-order valence-electron chi connectivity index (χ2n) is 3.56. The summed E-state index contributed by atoms with van der Waals surface area (Å²) in [5.74, 6) is -0.229. The Kier molecular flexibility index (Phi) is 2.77. The van der Waals surface area contributed by atoms with E-state index in [4.69, 9.17) is 5.73 Å². The molecule has 0 radical (unpaired) electrons. The number of rotatable bonds is 2. The molecule has 0 fully saturated rings. The molecule has 0 aliphatic rings. The monoisotopic (exact) mass is 216 g/mol. The van der Waals surface area contributed by atoms with E-state index in [2.05, 4.69) is 5.32 Å². The van der Waals surface area contributed by atoms with E-state index in [9.17, 15) is 4.39 Å². The van der Waals surface area contributed by atoms with Gasteiger partial charge in [0.1, 0.15) is 5.82 Å². The van der Waals surface area contributed by atoms with Crippen molar-refractivity contribution >= 4 is 11.4 Å². The highest BCUT2D eigenvalue weighted by atomic mass is 19.1. The van der Waals surface area contributed by atoms with Crippen LogP contribution in [0.1, 0.15) is 0 Å². The summed E-state index contributed by atoms with van der Waals surface area (Å²) in [5, 5.41) is 3.02. The highest BCUT2D eigenvalue weighted by Crippen LogP contribution is 2.26. The third-order valence-corrected chi connectivity index (χ3v) is 2.50. The van der Waals surface area contributed by atoms with Crippen molar-refractivity contribution in [2.24, 2.45) is 0 Å². The predicted octanol–water partition coefficient (Wildman–Crippen LogP) is 3.12. The van der Waals surface area contributed by atoms with Crippen LogP contribution in [0.5, 0.6) is 0 Å². The Labute approximate surface area is 93.9 Å². The summed E-state index contributed by atoms with van der Waals surface area (Å²) >= 11 is 0. The van der Waals surface area contributed by atoms with Gasteiger partial charge in [-0.3, -0.25) is 0 Å². The molecular weight excluding hydrogens is 203 g/mol. The standard InChI is InChI=1S/C13H13FN2/c1-16-13-8-10(4-7-12(13)15)9-2-5-11(14)6-3-9/h2-8,16H,15H2,1H3. The van der Waals surface area contributed by atoms with Gasteiger partial charge in [0, 0.05) is 7.05 Å². The molecule has 3 N–H and O–H groups in total. The molecule has 16 heavy (non-hydrogen) atoms. The van der Waals surface area contributed by atoms with E-state index in [1.54, 1.807) is 12.1 Å². The van der Waals surface area contributed by atoms with Gasteiger partial charge in [0.15, 0.2) is 0 Å². The molecule has 0 aliphatic carbocycles. The van der Waals surface area contributed by atoms with E-state index in [-0.39, 0.29) is 5.82 Å². The Morgan fingerprint density at radius 1 is 1.00 bits per heavy atom. The lowest BCUT2D eigenvalue weighted by Crippen LogP contribution is -1.95. The smallest absolute Gasteiger partial charge is 0.123 e. The number of nitrogens with one attached hydrogen (secondary N) is 1. The first-order valence-corrected chi connectivity index (χ1v) is 5.04. The van der Waals surface area contributed by atoms with Gasteiger partial charge in [-0.25, -0.2) is 4.39 Å². The summed E-state index contributed by atoms with van der Waals surface area (Å²) in [4.78, 5) is 0. The number of benzene rings is 2. The third-order valence-electron chi connectivity index (χ3n) is 2.50. The van der Waals surface area contributed by atoms with Crippen LogP contribution in [0, 0.1) is 5.82 Å². The molecule has 2 nitrogen and oxygen atoms in total. The Bertz CT molecular complexity index is 492. The first-order valence-electron chi connectivity index (χ1n) is 5.04. The number of halogens is 1. The van der Waals surface area contributed by atoms with Crippen LogP contribution in [-0.2, 0) is 0 Å². The molecule has 82 valence electrons. The second-order valence-corrected chi connectivity index (χ2v) is 3.56. The molecule has 3 heteroatoms. The minimum atomic E-state index is -0.229. The first-order chi connectivity index (χ1) is 7.70. The zero-order valence-corrected chi connectivity index (χ0v) is 9.00. The average molecular weight is 216 g/mol. The fourth-order valence-corrected chi connectivity index (χ4v) is 1.59. The molecule has 0 saturated carbocycles. The highest BCUT2D eigenvalue weighted by molar-refractivity contribution is 5.75. The Balaban J connectivity index is 2.44. The van der Waals surface area contributed by atoms with Gasteiger partial charge in [-0.05, 0) is 35.4 Å². The van der Waals surface area contributed by atoms with Crippen molar-refractivity contribution in [2.45, 2.75) is 0 Å². The molecule has 0 spiro atoms. The molecule has 0 bridgehead atoms. The van der Waals surface area contributed by atoms with Gasteiger partial charge in [0.05, 0.1) is 11.4 Å². The van der Waals surface area contributed by atoms with Crippen LogP contribution in [0.4, 0.5) is 15.8 Å². The van der Waals surface area contributed by atoms with Gasteiger partial charge in [-0.15, -0.1) is 0 Å². The predicted molar refractivity (Wildman–Crippen MR) is 65.8 cm³/mol. The maximum atomic E-state index is 12.8. The van der Waals surface area contributed by atoms with E-state index in [1.807, 2.05) is 25.2 Å². The van der Waals surface area contributed by atoms with Gasteiger partial charge in [-0.1, -0.05) is 18.2 Å². The van der Waals surface area contributed by atoms with Gasteiger partial charge in [-0.2, -0.15) is 0 Å². The normalized spacial score (nSPS) is 10.1. The molecule has 0 saturated heterocycles. The molecule has 0 aromatic heterocycles. The van der Waals surface area contributed by atoms with Crippen LogP contribution < -0.4 is 11.1 Å². The van der Waals surface area contributed by atoms with Crippen LogP contribution in [0.15, 0.2) is 42.5 Å². The molecule has 0 unspecified atom stereocenters. The number of nitrogen functional groups attached to an aromatic ring is 1. The number of hydrogen-bond donors (Lipinski definition) is 2. The molecule has 0 amide bonds. The van der Waals surface area contributed by atoms with E-state index in [1.165, 1.54) is 12.1 Å². The Hall–Kier alpha value is -2.03. The summed E-state index contributed by atoms with van der Waals surface area (Å²) in [5.41, 5.74) is 9.34. The summed E-state index contributed by atoms with van der Waals surface area (Å²) in [6.07, 6.45) is 0. The lowest BCUT2D eigenvalue weighted by Gasteiger charge is -2.08. The van der Waals surface area contributed by atoms with Crippen LogP contribution in [0.2, 0.25) is 0 Å². The third kappa shape index (κ3) is 1.98. The molecule has 2 aromatic carbocycles. The van der Waals surface area contributed by atoms with E-state index >= 15 is 0 Å². The number of hydrogen-bond acceptors (Lipinski definition) is 2. The van der Waals surface area contributed by atoms with Gasteiger partial charge >= 0.3 is 0 Å². The molecule has 0 heterocycles. The largest absolute Gasteiger partial charge is 0.397 e. The highest BCUT2D eigenvalue weighted by Gasteiger charge is 2.01. The zero-order chi connectivity index (χ0) is 11.5. The molecular formula is C13H13FN2. The zero-order valence-electron chi connectivity index (χ0n) is 9.00. The minimum Gasteiger partial charge on any atom is -0.397 e. The first kappa shape index (κ1) is 10.5. The van der Waals surface area contributed by atoms with E-state index in [0.717, 1.165) is 16.8 Å². The molecule has 2 aromatic rings. The summed E-state index contributed by atoms with van der Waals surface area (Å²) < 4.78 is 12.8. The Morgan fingerprint density at radius 3 is 2.25 bits per heavy atom. The lowest BCUT2D eigenvalue weighted by atomic mass is 10.0. The average Bonchev–Trinajstić information content (AvgIpc) is 2.31. The van der Waals surface area contributed by atoms with Crippen molar-refractivity contribution in [1.82, 2.24) is 0 Å². The topological polar surface area (TPSA) is 38.0 Å². The maximum Gasteiger partial charge on any atom is 0.123 e. The van der Waals surface area contributed by atoms with Gasteiger partial charge in [0.25, 0.3) is 0 Å². The Morgan fingerprint density at radius 2 is 1.62 bits per heavy atom. The van der Waals surface area contributed by atoms with Crippen molar-refractivity contribution in [3.05, 3.63) is 48.3 Å². The van der Waals surface area contributed by atoms with Gasteiger partial charge in [0.2, 0.25) is 0 Å². The molecule has 2 rings (SSSR count). The molecule has 0 aliphatic heterocycles. The fourth-order valence-electron chi connectivity index (χ4n) is 1.59. The minimum absolute atomic E-state index is 0.229. The van der Waals surface area contributed by atoms with Crippen LogP contribution in [-0.4, -0.2) is 7.05 Å². The summed E-state index contributed by atoms with van der Waals surface area (Å²) in [7, 11) is 1.82. The maximum absolute atomic E-state index is 12.8. The van der Waals surface area contributed by atoms with Crippen molar-refractivity contribution in [2.75, 3.05) is 18.1 Å². The lowest BCUT2D eigenvalue weighted by molar-refractivity contribution is 0.628. The number of nitrogens with two attached hydrogens (primary N) is 1. The van der Waals surface area contributed by atoms with Crippen LogP contribution in [0.3, 0.4) is 0 Å². The van der Waals surface area contributed by atoms with Crippen molar-refractivity contribution in [1.29, 1.82) is 0 Å². The summed E-state index contributed by atoms with van der Waals surface area (Å²) in [6.45, 7) is 0. The van der Waals surface area contributed by atoms with E-state index in [0.29, 0.717) is 5.69 Å². The van der Waals surface area contributed by atoms with Crippen molar-refractivity contribution in [3.8, 4) is 11.1 Å². The van der Waals surface area contributed by atoms with Crippen molar-refractivity contribution in [3.63, 3.8) is 0 Å². The van der Waals surface area contributed by atoms with Crippen LogP contribution in [0.25, 0.3) is 11.1 Å². The SMILES string of the molecule is CNc1cc(-c2ccc(F)cc2)ccc1N. The summed E-state index contributed by atoms with van der Waals surface area (Å²) in [6, 6.07) is 12.1. The second kappa shape index (κ2) is 4.23. The number of anilines is 2. The van der Waals surface area contributed by atoms with E-state index < -0.39 is 0 Å². The fraction of sp³-hybridized carbons (Fsp3) is 0.0769. The van der Waals surface area contributed by atoms with Crippen LogP contribution >= 0.6 is 0 Å². The quantitative estimate of drug-likeness (QED) is 0.757. The molecule has 0 atom stereocenters. The van der Waals surface area contributed by atoms with Gasteiger partial charge < -0.3 is 11.1 Å².